The number of aromatic nitrogens is 2. The summed E-state index contributed by atoms with van der Waals surface area (Å²) in [4.78, 5) is 13.3. The van der Waals surface area contributed by atoms with E-state index in [1.54, 1.807) is 17.7 Å². The minimum absolute atomic E-state index is 0.748. The third kappa shape index (κ3) is 3.40. The predicted octanol–water partition coefficient (Wildman–Crippen LogP) is 3.59. The molecule has 0 spiro atoms. The van der Waals surface area contributed by atoms with Gasteiger partial charge in [0.05, 0.1) is 24.8 Å². The van der Waals surface area contributed by atoms with E-state index in [2.05, 4.69) is 63.5 Å². The maximum absolute atomic E-state index is 5.40. The number of hydrazone groups is 1. The highest BCUT2D eigenvalue weighted by atomic mass is 32.1. The van der Waals surface area contributed by atoms with Crippen molar-refractivity contribution >= 4 is 39.3 Å². The Bertz CT molecular complexity index is 929. The number of ether oxygens (including phenoxy) is 1. The van der Waals surface area contributed by atoms with E-state index in [0.29, 0.717) is 0 Å². The summed E-state index contributed by atoms with van der Waals surface area (Å²) >= 11 is 1.68. The second-order valence-corrected chi connectivity index (χ2v) is 7.45. The van der Waals surface area contributed by atoms with Gasteiger partial charge in [0.15, 0.2) is 5.82 Å². The summed E-state index contributed by atoms with van der Waals surface area (Å²) in [6.45, 7) is 7.67. The van der Waals surface area contributed by atoms with Crippen LogP contribution in [-0.2, 0) is 4.74 Å². The minimum Gasteiger partial charge on any atom is -0.378 e. The van der Waals surface area contributed by atoms with E-state index in [1.165, 1.54) is 16.1 Å². The second kappa shape index (κ2) is 7.39. The van der Waals surface area contributed by atoms with E-state index < -0.39 is 0 Å². The molecule has 0 aliphatic carbocycles. The van der Waals surface area contributed by atoms with Gasteiger partial charge in [-0.2, -0.15) is 5.10 Å². The van der Waals surface area contributed by atoms with Crippen LogP contribution in [0.3, 0.4) is 0 Å². The van der Waals surface area contributed by atoms with Crippen LogP contribution in [0.15, 0.2) is 35.7 Å². The molecule has 1 N–H and O–H groups in total. The fraction of sp³-hybridized carbons (Fsp3) is 0.316. The smallest absolute Gasteiger partial charge is 0.158 e. The number of aryl methyl sites for hydroxylation is 2. The van der Waals surface area contributed by atoms with Gasteiger partial charge in [-0.25, -0.2) is 9.97 Å². The number of anilines is 2. The summed E-state index contributed by atoms with van der Waals surface area (Å²) < 4.78 is 5.40. The number of nitrogens with one attached hydrogen (secondary N) is 1. The van der Waals surface area contributed by atoms with Crippen LogP contribution in [-0.4, -0.2) is 42.5 Å². The zero-order chi connectivity index (χ0) is 17.9. The minimum atomic E-state index is 0.748. The molecule has 0 unspecified atom stereocenters. The fourth-order valence-electron chi connectivity index (χ4n) is 3.03. The molecule has 0 atom stereocenters. The van der Waals surface area contributed by atoms with E-state index in [1.807, 2.05) is 6.21 Å². The molecule has 1 aromatic carbocycles. The number of fused-ring (bicyclic) bond motifs is 1. The van der Waals surface area contributed by atoms with Crippen molar-refractivity contribution < 1.29 is 4.74 Å². The summed E-state index contributed by atoms with van der Waals surface area (Å²) in [5.41, 5.74) is 6.54. The van der Waals surface area contributed by atoms with E-state index >= 15 is 0 Å². The lowest BCUT2D eigenvalue weighted by molar-refractivity contribution is 0.122. The average molecular weight is 367 g/mol. The number of hydrogen-bond donors (Lipinski definition) is 1. The maximum atomic E-state index is 5.40. The number of morpholine rings is 1. The van der Waals surface area contributed by atoms with Crippen molar-refractivity contribution in [3.63, 3.8) is 0 Å². The molecule has 0 bridgehead atoms. The molecule has 2 aromatic heterocycles. The molecule has 0 saturated carbocycles. The van der Waals surface area contributed by atoms with Crippen LogP contribution in [0.25, 0.3) is 10.2 Å². The van der Waals surface area contributed by atoms with E-state index in [4.69, 9.17) is 4.74 Å². The average Bonchev–Trinajstić information content (AvgIpc) is 2.98. The lowest BCUT2D eigenvalue weighted by Crippen LogP contribution is -2.36. The van der Waals surface area contributed by atoms with Gasteiger partial charge in [0.1, 0.15) is 11.2 Å². The van der Waals surface area contributed by atoms with Crippen molar-refractivity contribution in [3.05, 3.63) is 46.6 Å². The Morgan fingerprint density at radius 3 is 2.69 bits per heavy atom. The summed E-state index contributed by atoms with van der Waals surface area (Å²) in [5, 5.41) is 5.41. The van der Waals surface area contributed by atoms with Crippen LogP contribution in [0.2, 0.25) is 0 Å². The molecule has 1 aliphatic rings. The van der Waals surface area contributed by atoms with Gasteiger partial charge in [-0.05, 0) is 37.1 Å². The molecule has 0 radical (unpaired) electrons. The summed E-state index contributed by atoms with van der Waals surface area (Å²) in [6.07, 6.45) is 3.39. The van der Waals surface area contributed by atoms with Crippen molar-refractivity contribution in [2.45, 2.75) is 13.8 Å². The summed E-state index contributed by atoms with van der Waals surface area (Å²) in [6, 6.07) is 8.40. The highest BCUT2D eigenvalue weighted by molar-refractivity contribution is 7.18. The Hall–Kier alpha value is -2.51. The quantitative estimate of drug-likeness (QED) is 0.564. The Labute approximate surface area is 156 Å². The molecule has 1 aliphatic heterocycles. The van der Waals surface area contributed by atoms with Gasteiger partial charge in [-0.3, -0.25) is 5.43 Å². The highest BCUT2D eigenvalue weighted by Gasteiger charge is 2.12. The number of benzene rings is 1. The molecule has 3 aromatic rings. The fourth-order valence-corrected chi connectivity index (χ4v) is 4.02. The lowest BCUT2D eigenvalue weighted by atomic mass is 10.2. The first kappa shape index (κ1) is 16.9. The Morgan fingerprint density at radius 1 is 1.15 bits per heavy atom. The Balaban J connectivity index is 1.47. The molecule has 3 heterocycles. The molecule has 6 nitrogen and oxygen atoms in total. The van der Waals surface area contributed by atoms with Crippen molar-refractivity contribution in [2.24, 2.45) is 5.10 Å². The second-order valence-electron chi connectivity index (χ2n) is 6.25. The molecule has 4 rings (SSSR count). The molecule has 1 saturated heterocycles. The van der Waals surface area contributed by atoms with Crippen molar-refractivity contribution in [3.8, 4) is 0 Å². The maximum Gasteiger partial charge on any atom is 0.158 e. The van der Waals surface area contributed by atoms with Crippen LogP contribution in [0, 0.1) is 13.8 Å². The SMILES string of the molecule is Cc1sc2ncnc(NN=Cc3ccc(N4CCOCC4)cc3)c2c1C. The monoisotopic (exact) mass is 367 g/mol. The molecular formula is C19H21N5OS. The van der Waals surface area contributed by atoms with Gasteiger partial charge < -0.3 is 9.64 Å². The first-order valence-corrected chi connectivity index (χ1v) is 9.46. The third-order valence-corrected chi connectivity index (χ3v) is 5.73. The predicted molar refractivity (Wildman–Crippen MR) is 108 cm³/mol. The Kier molecular flexibility index (Phi) is 4.81. The number of hydrogen-bond acceptors (Lipinski definition) is 7. The number of nitrogens with zero attached hydrogens (tertiary/aromatic N) is 4. The van der Waals surface area contributed by atoms with Crippen LogP contribution < -0.4 is 10.3 Å². The molecule has 134 valence electrons. The highest BCUT2D eigenvalue weighted by Crippen LogP contribution is 2.32. The first-order valence-electron chi connectivity index (χ1n) is 8.65. The van der Waals surface area contributed by atoms with Gasteiger partial charge in [-0.1, -0.05) is 12.1 Å². The molecule has 26 heavy (non-hydrogen) atoms. The van der Waals surface area contributed by atoms with E-state index in [9.17, 15) is 0 Å². The summed E-state index contributed by atoms with van der Waals surface area (Å²) in [7, 11) is 0. The summed E-state index contributed by atoms with van der Waals surface area (Å²) in [5.74, 6) is 0.748. The zero-order valence-electron chi connectivity index (χ0n) is 14.9. The van der Waals surface area contributed by atoms with Crippen LogP contribution >= 0.6 is 11.3 Å². The number of rotatable bonds is 4. The number of thiophene rings is 1. The van der Waals surface area contributed by atoms with Crippen LogP contribution in [0.1, 0.15) is 16.0 Å². The van der Waals surface area contributed by atoms with Crippen molar-refractivity contribution in [1.29, 1.82) is 0 Å². The van der Waals surface area contributed by atoms with Gasteiger partial charge >= 0.3 is 0 Å². The largest absolute Gasteiger partial charge is 0.378 e. The van der Waals surface area contributed by atoms with Gasteiger partial charge in [-0.15, -0.1) is 11.3 Å². The zero-order valence-corrected chi connectivity index (χ0v) is 15.7. The van der Waals surface area contributed by atoms with Crippen molar-refractivity contribution in [2.75, 3.05) is 36.6 Å². The van der Waals surface area contributed by atoms with Gasteiger partial charge in [0.25, 0.3) is 0 Å². The van der Waals surface area contributed by atoms with E-state index in [0.717, 1.165) is 47.9 Å². The van der Waals surface area contributed by atoms with Gasteiger partial charge in [0.2, 0.25) is 0 Å². The standard InChI is InChI=1S/C19H21N5OS/c1-13-14(2)26-19-17(13)18(20-12-21-19)23-22-11-15-3-5-16(6-4-15)24-7-9-25-10-8-24/h3-6,11-12H,7-10H2,1-2H3,(H,20,21,23). The molecule has 7 heteroatoms. The first-order chi connectivity index (χ1) is 12.7. The van der Waals surface area contributed by atoms with Crippen molar-refractivity contribution in [1.82, 2.24) is 9.97 Å². The van der Waals surface area contributed by atoms with E-state index in [-0.39, 0.29) is 0 Å². The molecular weight excluding hydrogens is 346 g/mol. The van der Waals surface area contributed by atoms with Crippen LogP contribution in [0.4, 0.5) is 11.5 Å². The molecule has 0 amide bonds. The third-order valence-electron chi connectivity index (χ3n) is 4.62. The van der Waals surface area contributed by atoms with Gasteiger partial charge in [0, 0.05) is 23.7 Å². The normalized spacial score (nSPS) is 15.1. The lowest BCUT2D eigenvalue weighted by Gasteiger charge is -2.28. The molecule has 1 fully saturated rings. The Morgan fingerprint density at radius 2 is 1.92 bits per heavy atom. The van der Waals surface area contributed by atoms with Crippen LogP contribution in [0.5, 0.6) is 0 Å². The topological polar surface area (TPSA) is 62.6 Å².